The van der Waals surface area contributed by atoms with Gasteiger partial charge in [-0.1, -0.05) is 25.1 Å². The molecule has 25 heavy (non-hydrogen) atoms. The topological polar surface area (TPSA) is 50.0 Å². The van der Waals surface area contributed by atoms with Crippen LogP contribution in [-0.4, -0.2) is 24.3 Å². The van der Waals surface area contributed by atoms with E-state index in [1.807, 2.05) is 42.6 Å². The van der Waals surface area contributed by atoms with Crippen molar-refractivity contribution >= 4 is 33.5 Å². The molecule has 2 aromatic carbocycles. The van der Waals surface area contributed by atoms with Crippen LogP contribution in [0.3, 0.4) is 0 Å². The second kappa shape index (κ2) is 6.69. The van der Waals surface area contributed by atoms with Crippen LogP contribution >= 0.6 is 11.3 Å². The van der Waals surface area contributed by atoms with E-state index in [2.05, 4.69) is 51.4 Å². The van der Waals surface area contributed by atoms with Crippen LogP contribution in [0.5, 0.6) is 0 Å². The third kappa shape index (κ3) is 3.56. The Morgan fingerprint density at radius 2 is 1.96 bits per heavy atom. The maximum Gasteiger partial charge on any atom is 0.124 e. The summed E-state index contributed by atoms with van der Waals surface area (Å²) in [7, 11) is 0. The van der Waals surface area contributed by atoms with Crippen molar-refractivity contribution in [3.63, 3.8) is 0 Å². The van der Waals surface area contributed by atoms with Crippen LogP contribution in [0.25, 0.3) is 20.8 Å². The predicted molar refractivity (Wildman–Crippen MR) is 105 cm³/mol. The molecular weight excluding hydrogens is 328 g/mol. The number of thiazole rings is 1. The molecule has 124 valence electrons. The summed E-state index contributed by atoms with van der Waals surface area (Å²) in [4.78, 5) is 8.99. The molecule has 0 amide bonds. The van der Waals surface area contributed by atoms with Crippen LogP contribution in [0, 0.1) is 5.41 Å². The summed E-state index contributed by atoms with van der Waals surface area (Å²) in [6, 6.07) is 16.3. The Labute approximate surface area is 150 Å². The van der Waals surface area contributed by atoms with Gasteiger partial charge in [-0.3, -0.25) is 4.99 Å². The SMILES string of the molecule is CC1(CN=Nc2ccc(-c3nc4ccccc4s3)cc2)C=CC=NC1. The van der Waals surface area contributed by atoms with E-state index in [0.29, 0.717) is 6.54 Å². The highest BCUT2D eigenvalue weighted by Crippen LogP contribution is 2.31. The van der Waals surface area contributed by atoms with Gasteiger partial charge in [0.25, 0.3) is 0 Å². The van der Waals surface area contributed by atoms with Crippen molar-refractivity contribution in [2.45, 2.75) is 6.92 Å². The number of benzene rings is 2. The lowest BCUT2D eigenvalue weighted by Crippen LogP contribution is -2.23. The third-order valence-electron chi connectivity index (χ3n) is 4.17. The molecule has 4 rings (SSSR count). The number of dihydropyridines is 1. The Morgan fingerprint density at radius 1 is 1.12 bits per heavy atom. The minimum Gasteiger partial charge on any atom is -0.292 e. The number of azo groups is 1. The average molecular weight is 346 g/mol. The smallest absolute Gasteiger partial charge is 0.124 e. The maximum atomic E-state index is 4.69. The minimum absolute atomic E-state index is 0.0286. The van der Waals surface area contributed by atoms with Crippen molar-refractivity contribution in [1.29, 1.82) is 0 Å². The van der Waals surface area contributed by atoms with Crippen molar-refractivity contribution in [2.24, 2.45) is 20.6 Å². The number of aliphatic imine (C=N–C) groups is 1. The summed E-state index contributed by atoms with van der Waals surface area (Å²) in [5, 5.41) is 9.74. The fraction of sp³-hybridized carbons (Fsp3) is 0.200. The predicted octanol–water partition coefficient (Wildman–Crippen LogP) is 5.69. The Bertz CT molecular complexity index is 936. The Hall–Kier alpha value is -2.66. The quantitative estimate of drug-likeness (QED) is 0.559. The highest BCUT2D eigenvalue weighted by molar-refractivity contribution is 7.21. The molecule has 1 aliphatic heterocycles. The zero-order valence-electron chi connectivity index (χ0n) is 14.0. The van der Waals surface area contributed by atoms with Gasteiger partial charge in [-0.2, -0.15) is 10.2 Å². The average Bonchev–Trinajstić information content (AvgIpc) is 3.07. The van der Waals surface area contributed by atoms with E-state index < -0.39 is 0 Å². The summed E-state index contributed by atoms with van der Waals surface area (Å²) in [5.41, 5.74) is 2.98. The van der Waals surface area contributed by atoms with Gasteiger partial charge in [0.2, 0.25) is 0 Å². The fourth-order valence-corrected chi connectivity index (χ4v) is 3.67. The molecule has 5 heteroatoms. The van der Waals surface area contributed by atoms with E-state index >= 15 is 0 Å². The second-order valence-electron chi connectivity index (χ2n) is 6.44. The molecule has 0 saturated carbocycles. The van der Waals surface area contributed by atoms with Gasteiger partial charge in [0.15, 0.2) is 0 Å². The monoisotopic (exact) mass is 346 g/mol. The molecule has 3 aromatic rings. The molecule has 2 heterocycles. The van der Waals surface area contributed by atoms with Gasteiger partial charge < -0.3 is 0 Å². The van der Waals surface area contributed by atoms with Gasteiger partial charge in [-0.15, -0.1) is 11.3 Å². The van der Waals surface area contributed by atoms with E-state index in [-0.39, 0.29) is 5.41 Å². The van der Waals surface area contributed by atoms with Gasteiger partial charge in [-0.25, -0.2) is 4.98 Å². The molecule has 0 radical (unpaired) electrons. The van der Waals surface area contributed by atoms with Crippen molar-refractivity contribution in [2.75, 3.05) is 13.1 Å². The molecule has 1 unspecified atom stereocenters. The van der Waals surface area contributed by atoms with Crippen LogP contribution in [-0.2, 0) is 0 Å². The van der Waals surface area contributed by atoms with Crippen LogP contribution in [0.15, 0.2) is 75.9 Å². The van der Waals surface area contributed by atoms with Gasteiger partial charge in [0.05, 0.1) is 22.4 Å². The summed E-state index contributed by atoms with van der Waals surface area (Å²) in [5.74, 6) is 0. The normalized spacial score (nSPS) is 19.9. The van der Waals surface area contributed by atoms with Crippen molar-refractivity contribution in [1.82, 2.24) is 4.98 Å². The van der Waals surface area contributed by atoms with Gasteiger partial charge in [0.1, 0.15) is 5.01 Å². The van der Waals surface area contributed by atoms with Crippen LogP contribution in [0.4, 0.5) is 5.69 Å². The fourth-order valence-electron chi connectivity index (χ4n) is 2.70. The van der Waals surface area contributed by atoms with Gasteiger partial charge >= 0.3 is 0 Å². The number of rotatable bonds is 4. The van der Waals surface area contributed by atoms with Crippen molar-refractivity contribution in [3.8, 4) is 10.6 Å². The van der Waals surface area contributed by atoms with Gasteiger partial charge in [-0.05, 0) is 42.5 Å². The minimum atomic E-state index is -0.0286. The molecular formula is C20H18N4S. The van der Waals surface area contributed by atoms with Crippen LogP contribution in [0.2, 0.25) is 0 Å². The van der Waals surface area contributed by atoms with E-state index in [1.165, 1.54) is 4.70 Å². The summed E-state index contributed by atoms with van der Waals surface area (Å²) in [6.45, 7) is 3.55. The summed E-state index contributed by atoms with van der Waals surface area (Å²) >= 11 is 1.71. The molecule has 0 N–H and O–H groups in total. The first-order valence-corrected chi connectivity index (χ1v) is 9.05. The van der Waals surface area contributed by atoms with Crippen LogP contribution in [0.1, 0.15) is 6.92 Å². The number of aromatic nitrogens is 1. The van der Waals surface area contributed by atoms with Crippen LogP contribution < -0.4 is 0 Å². The molecule has 1 aromatic heterocycles. The van der Waals surface area contributed by atoms with Crippen molar-refractivity contribution < 1.29 is 0 Å². The van der Waals surface area contributed by atoms with Gasteiger partial charge in [0, 0.05) is 23.7 Å². The standard InChI is InChI=1S/C20H18N4S/c1-20(11-4-12-21-13-20)14-22-24-16-9-7-15(8-10-16)19-23-17-5-2-3-6-18(17)25-19/h2-12H,13-14H2,1H3. The highest BCUT2D eigenvalue weighted by Gasteiger charge is 2.21. The molecule has 0 bridgehead atoms. The molecule has 0 saturated heterocycles. The summed E-state index contributed by atoms with van der Waals surface area (Å²) < 4.78 is 1.21. The third-order valence-corrected chi connectivity index (χ3v) is 5.25. The number of para-hydroxylation sites is 1. The molecule has 0 fully saturated rings. The molecule has 4 nitrogen and oxygen atoms in total. The lowest BCUT2D eigenvalue weighted by atomic mass is 9.89. The van der Waals surface area contributed by atoms with E-state index in [0.717, 1.165) is 28.3 Å². The lowest BCUT2D eigenvalue weighted by Gasteiger charge is -2.22. The van der Waals surface area contributed by atoms with E-state index in [9.17, 15) is 0 Å². The zero-order chi connectivity index (χ0) is 17.1. The number of fused-ring (bicyclic) bond motifs is 1. The maximum absolute atomic E-state index is 4.69. The van der Waals surface area contributed by atoms with E-state index in [1.54, 1.807) is 11.3 Å². The number of hydrogen-bond donors (Lipinski definition) is 0. The molecule has 0 spiro atoms. The zero-order valence-corrected chi connectivity index (χ0v) is 14.8. The Morgan fingerprint density at radius 3 is 2.72 bits per heavy atom. The molecule has 0 aliphatic carbocycles. The number of nitrogens with zero attached hydrogens (tertiary/aromatic N) is 4. The Kier molecular flexibility index (Phi) is 4.24. The molecule has 1 aliphatic rings. The van der Waals surface area contributed by atoms with E-state index in [4.69, 9.17) is 0 Å². The first kappa shape index (κ1) is 15.8. The number of hydrogen-bond acceptors (Lipinski definition) is 5. The highest BCUT2D eigenvalue weighted by atomic mass is 32.1. The first-order chi connectivity index (χ1) is 12.2. The summed E-state index contributed by atoms with van der Waals surface area (Å²) in [6.07, 6.45) is 5.96. The first-order valence-electron chi connectivity index (χ1n) is 8.23. The largest absolute Gasteiger partial charge is 0.292 e. The lowest BCUT2D eigenvalue weighted by molar-refractivity contribution is 0.446. The second-order valence-corrected chi connectivity index (χ2v) is 7.47. The number of allylic oxidation sites excluding steroid dienone is 1. The van der Waals surface area contributed by atoms with Crippen molar-refractivity contribution in [3.05, 3.63) is 60.7 Å². The molecule has 1 atom stereocenters. The Balaban J connectivity index is 1.47.